The molecule has 0 saturated carbocycles. The van der Waals surface area contributed by atoms with Crippen molar-refractivity contribution in [3.8, 4) is 5.75 Å². The first-order valence-corrected chi connectivity index (χ1v) is 7.07. The van der Waals surface area contributed by atoms with Gasteiger partial charge in [0.2, 0.25) is 0 Å². The van der Waals surface area contributed by atoms with Crippen molar-refractivity contribution in [2.45, 2.75) is 13.8 Å². The molecule has 0 amide bonds. The Morgan fingerprint density at radius 1 is 1.29 bits per heavy atom. The minimum atomic E-state index is 0.139. The van der Waals surface area contributed by atoms with Gasteiger partial charge in [-0.2, -0.15) is 0 Å². The Hall–Kier alpha value is -2.06. The average Bonchev–Trinajstić information content (AvgIpc) is 2.49. The second-order valence-corrected chi connectivity index (χ2v) is 5.32. The molecule has 0 spiro atoms. The highest BCUT2D eigenvalue weighted by atomic mass is 16.5. The SMILES string of the molecule is C=C(COC)C1C=CC=CC1=COc1cc(C)ccc1C. The van der Waals surface area contributed by atoms with E-state index >= 15 is 0 Å². The second kappa shape index (κ2) is 7.09. The van der Waals surface area contributed by atoms with Crippen molar-refractivity contribution in [2.24, 2.45) is 5.92 Å². The van der Waals surface area contributed by atoms with E-state index in [1.165, 1.54) is 5.56 Å². The number of ether oxygens (including phenoxy) is 2. The Balaban J connectivity index is 2.18. The van der Waals surface area contributed by atoms with Gasteiger partial charge in [0.25, 0.3) is 0 Å². The Kier molecular flexibility index (Phi) is 5.18. The van der Waals surface area contributed by atoms with Crippen molar-refractivity contribution in [3.63, 3.8) is 0 Å². The Morgan fingerprint density at radius 2 is 2.10 bits per heavy atom. The van der Waals surface area contributed by atoms with Crippen LogP contribution in [0.4, 0.5) is 0 Å². The summed E-state index contributed by atoms with van der Waals surface area (Å²) in [5, 5.41) is 0. The van der Waals surface area contributed by atoms with Crippen LogP contribution in [0.3, 0.4) is 0 Å². The minimum absolute atomic E-state index is 0.139. The zero-order chi connectivity index (χ0) is 15.2. The van der Waals surface area contributed by atoms with Gasteiger partial charge in [-0.25, -0.2) is 0 Å². The van der Waals surface area contributed by atoms with E-state index in [1.54, 1.807) is 7.11 Å². The zero-order valence-electron chi connectivity index (χ0n) is 12.9. The van der Waals surface area contributed by atoms with Crippen LogP contribution >= 0.6 is 0 Å². The van der Waals surface area contributed by atoms with E-state index in [0.29, 0.717) is 6.61 Å². The summed E-state index contributed by atoms with van der Waals surface area (Å²) in [7, 11) is 1.68. The van der Waals surface area contributed by atoms with Crippen molar-refractivity contribution in [1.29, 1.82) is 0 Å². The van der Waals surface area contributed by atoms with Gasteiger partial charge in [-0.3, -0.25) is 0 Å². The number of aryl methyl sites for hydroxylation is 2. The normalized spacial score (nSPS) is 19.0. The van der Waals surface area contributed by atoms with Gasteiger partial charge in [-0.05, 0) is 42.2 Å². The first-order chi connectivity index (χ1) is 10.1. The molecule has 0 bridgehead atoms. The molecule has 1 aliphatic carbocycles. The molecule has 2 nitrogen and oxygen atoms in total. The van der Waals surface area contributed by atoms with Crippen LogP contribution in [0.25, 0.3) is 0 Å². The van der Waals surface area contributed by atoms with Crippen LogP contribution in [0.2, 0.25) is 0 Å². The summed E-state index contributed by atoms with van der Waals surface area (Å²) in [4.78, 5) is 0. The van der Waals surface area contributed by atoms with Crippen molar-refractivity contribution in [1.82, 2.24) is 0 Å². The smallest absolute Gasteiger partial charge is 0.129 e. The fourth-order valence-corrected chi connectivity index (χ4v) is 2.28. The van der Waals surface area contributed by atoms with E-state index in [2.05, 4.69) is 37.8 Å². The van der Waals surface area contributed by atoms with Crippen molar-refractivity contribution in [2.75, 3.05) is 13.7 Å². The lowest BCUT2D eigenvalue weighted by Crippen LogP contribution is -2.10. The number of methoxy groups -OCH3 is 1. The van der Waals surface area contributed by atoms with Crippen LogP contribution in [-0.2, 0) is 4.74 Å². The van der Waals surface area contributed by atoms with E-state index in [0.717, 1.165) is 22.5 Å². The zero-order valence-corrected chi connectivity index (χ0v) is 12.9. The Labute approximate surface area is 127 Å². The fourth-order valence-electron chi connectivity index (χ4n) is 2.28. The third kappa shape index (κ3) is 3.96. The molecule has 1 aliphatic rings. The lowest BCUT2D eigenvalue weighted by Gasteiger charge is -2.19. The number of hydrogen-bond acceptors (Lipinski definition) is 2. The van der Waals surface area contributed by atoms with E-state index in [9.17, 15) is 0 Å². The third-order valence-electron chi connectivity index (χ3n) is 3.50. The first kappa shape index (κ1) is 15.3. The monoisotopic (exact) mass is 282 g/mol. The van der Waals surface area contributed by atoms with E-state index < -0.39 is 0 Å². The van der Waals surface area contributed by atoms with E-state index in [-0.39, 0.29) is 5.92 Å². The highest BCUT2D eigenvalue weighted by Crippen LogP contribution is 2.27. The fraction of sp³-hybridized carbons (Fsp3) is 0.263. The summed E-state index contributed by atoms with van der Waals surface area (Å²) in [5.41, 5.74) is 4.42. The largest absolute Gasteiger partial charge is 0.464 e. The molecule has 0 radical (unpaired) electrons. The van der Waals surface area contributed by atoms with E-state index in [4.69, 9.17) is 9.47 Å². The van der Waals surface area contributed by atoms with Crippen LogP contribution in [0.1, 0.15) is 11.1 Å². The topological polar surface area (TPSA) is 18.5 Å². The highest BCUT2D eigenvalue weighted by molar-refractivity contribution is 5.41. The Morgan fingerprint density at radius 3 is 2.86 bits per heavy atom. The Bertz CT molecular complexity index is 606. The molecule has 0 aromatic heterocycles. The van der Waals surface area contributed by atoms with Crippen molar-refractivity contribution >= 4 is 0 Å². The van der Waals surface area contributed by atoms with Gasteiger partial charge in [-0.15, -0.1) is 0 Å². The van der Waals surface area contributed by atoms with Gasteiger partial charge in [0.1, 0.15) is 5.75 Å². The molecule has 2 heteroatoms. The maximum atomic E-state index is 5.89. The summed E-state index contributed by atoms with van der Waals surface area (Å²) in [6.07, 6.45) is 10.0. The van der Waals surface area contributed by atoms with Crippen LogP contribution in [0.15, 0.2) is 66.5 Å². The molecule has 1 unspecified atom stereocenters. The van der Waals surface area contributed by atoms with Crippen LogP contribution in [0.5, 0.6) is 5.75 Å². The molecule has 0 heterocycles. The van der Waals surface area contributed by atoms with Gasteiger partial charge < -0.3 is 9.47 Å². The number of allylic oxidation sites excluding steroid dienone is 5. The molecule has 0 fully saturated rings. The van der Waals surface area contributed by atoms with Gasteiger partial charge in [0.15, 0.2) is 0 Å². The quantitative estimate of drug-likeness (QED) is 0.584. The van der Waals surface area contributed by atoms with Crippen molar-refractivity contribution in [3.05, 3.63) is 77.6 Å². The second-order valence-electron chi connectivity index (χ2n) is 5.32. The molecule has 21 heavy (non-hydrogen) atoms. The van der Waals surface area contributed by atoms with E-state index in [1.807, 2.05) is 31.4 Å². The van der Waals surface area contributed by atoms with Gasteiger partial charge >= 0.3 is 0 Å². The maximum Gasteiger partial charge on any atom is 0.129 e. The average molecular weight is 282 g/mol. The molecule has 1 atom stereocenters. The lowest BCUT2D eigenvalue weighted by molar-refractivity contribution is 0.221. The molecular formula is C19H22O2. The molecule has 1 aromatic carbocycles. The molecule has 0 aliphatic heterocycles. The highest BCUT2D eigenvalue weighted by Gasteiger charge is 2.15. The molecular weight excluding hydrogens is 260 g/mol. The molecule has 0 N–H and O–H groups in total. The van der Waals surface area contributed by atoms with Gasteiger partial charge in [-0.1, -0.05) is 43.0 Å². The molecule has 0 saturated heterocycles. The molecule has 2 rings (SSSR count). The summed E-state index contributed by atoms with van der Waals surface area (Å²) < 4.78 is 11.1. The van der Waals surface area contributed by atoms with Gasteiger partial charge in [0.05, 0.1) is 12.9 Å². The van der Waals surface area contributed by atoms with Crippen LogP contribution in [0, 0.1) is 19.8 Å². The molecule has 110 valence electrons. The first-order valence-electron chi connectivity index (χ1n) is 7.07. The van der Waals surface area contributed by atoms with Crippen LogP contribution in [-0.4, -0.2) is 13.7 Å². The minimum Gasteiger partial charge on any atom is -0.464 e. The maximum absolute atomic E-state index is 5.89. The number of rotatable bonds is 5. The standard InChI is InChI=1S/C19H22O2/c1-14-9-10-15(2)19(11-14)21-13-17-7-5-6-8-18(17)16(3)12-20-4/h5-11,13,18H,3,12H2,1-2,4H3. The van der Waals surface area contributed by atoms with Crippen molar-refractivity contribution < 1.29 is 9.47 Å². The van der Waals surface area contributed by atoms with Gasteiger partial charge in [0, 0.05) is 13.0 Å². The summed E-state index contributed by atoms with van der Waals surface area (Å²) in [6, 6.07) is 6.21. The summed E-state index contributed by atoms with van der Waals surface area (Å²) in [5.74, 6) is 1.03. The number of hydrogen-bond donors (Lipinski definition) is 0. The predicted molar refractivity (Wildman–Crippen MR) is 87.4 cm³/mol. The summed E-state index contributed by atoms with van der Waals surface area (Å²) >= 11 is 0. The molecule has 1 aromatic rings. The lowest BCUT2D eigenvalue weighted by atomic mass is 9.89. The number of benzene rings is 1. The van der Waals surface area contributed by atoms with Crippen LogP contribution < -0.4 is 4.74 Å². The predicted octanol–water partition coefficient (Wildman–Crippen LogP) is 4.51. The summed E-state index contributed by atoms with van der Waals surface area (Å²) in [6.45, 7) is 8.75. The third-order valence-corrected chi connectivity index (χ3v) is 3.50.